The molecule has 0 fully saturated rings. The normalized spacial score (nSPS) is 12.3. The lowest BCUT2D eigenvalue weighted by molar-refractivity contribution is 0.0951. The smallest absolute Gasteiger partial charge is 0.267 e. The van der Waals surface area contributed by atoms with Crippen molar-refractivity contribution in [2.75, 3.05) is 18.0 Å². The molecule has 1 aromatic carbocycles. The van der Waals surface area contributed by atoms with E-state index in [0.717, 1.165) is 11.3 Å². The van der Waals surface area contributed by atoms with Crippen LogP contribution >= 0.6 is 24.2 Å². The Labute approximate surface area is 143 Å². The minimum Gasteiger partial charge on any atom is -0.399 e. The van der Waals surface area contributed by atoms with Gasteiger partial charge in [0.05, 0.1) is 0 Å². The molecule has 2 heterocycles. The maximum atomic E-state index is 12.2. The van der Waals surface area contributed by atoms with E-state index in [1.54, 1.807) is 4.57 Å². The van der Waals surface area contributed by atoms with Gasteiger partial charge in [0.15, 0.2) is 5.16 Å². The lowest BCUT2D eigenvalue weighted by Gasteiger charge is -2.07. The maximum absolute atomic E-state index is 12.2. The summed E-state index contributed by atoms with van der Waals surface area (Å²) in [6.45, 7) is 1.07. The van der Waals surface area contributed by atoms with Crippen LogP contribution in [0, 0.1) is 0 Å². The van der Waals surface area contributed by atoms with E-state index in [4.69, 9.17) is 5.73 Å². The molecule has 0 saturated carbocycles. The van der Waals surface area contributed by atoms with E-state index < -0.39 is 0 Å². The molecule has 23 heavy (non-hydrogen) atoms. The van der Waals surface area contributed by atoms with Gasteiger partial charge in [0, 0.05) is 30.7 Å². The van der Waals surface area contributed by atoms with Crippen LogP contribution in [0.5, 0.6) is 0 Å². The Morgan fingerprint density at radius 2 is 2.09 bits per heavy atom. The third-order valence-electron chi connectivity index (χ3n) is 3.48. The standard InChI is InChI=1S/C15H16N4O2S.ClH/c16-11-3-1-10(2-4-11)5-6-17-13(20)12-9-18-15-19(14(12)21)7-8-22-15;/h1-4,9H,5-8,16H2,(H,17,20);1H. The van der Waals surface area contributed by atoms with Gasteiger partial charge in [-0.05, 0) is 24.1 Å². The monoisotopic (exact) mass is 352 g/mol. The van der Waals surface area contributed by atoms with Gasteiger partial charge >= 0.3 is 0 Å². The first-order valence-corrected chi connectivity index (χ1v) is 7.99. The Hall–Kier alpha value is -1.99. The first-order valence-electron chi connectivity index (χ1n) is 7.00. The highest BCUT2D eigenvalue weighted by Gasteiger charge is 2.19. The van der Waals surface area contributed by atoms with Crippen LogP contribution in [0.3, 0.4) is 0 Å². The SMILES string of the molecule is Cl.Nc1ccc(CCNC(=O)c2cnc3n(c2=O)CCS3)cc1. The van der Waals surface area contributed by atoms with Gasteiger partial charge in [-0.1, -0.05) is 23.9 Å². The topological polar surface area (TPSA) is 90.0 Å². The van der Waals surface area contributed by atoms with Crippen LogP contribution in [0.1, 0.15) is 15.9 Å². The minimum atomic E-state index is -0.375. The number of thioether (sulfide) groups is 1. The number of nitrogens with two attached hydrogens (primary N) is 1. The third kappa shape index (κ3) is 3.86. The molecule has 1 aliphatic heterocycles. The van der Waals surface area contributed by atoms with Crippen molar-refractivity contribution < 1.29 is 4.79 Å². The molecule has 1 aliphatic rings. The van der Waals surface area contributed by atoms with Crippen molar-refractivity contribution >= 4 is 35.8 Å². The molecule has 2 aromatic rings. The highest BCUT2D eigenvalue weighted by molar-refractivity contribution is 7.99. The molecule has 0 bridgehead atoms. The zero-order valence-electron chi connectivity index (χ0n) is 12.3. The highest BCUT2D eigenvalue weighted by Crippen LogP contribution is 2.20. The second kappa shape index (κ2) is 7.52. The molecule has 122 valence electrons. The van der Waals surface area contributed by atoms with E-state index in [0.29, 0.717) is 30.4 Å². The molecule has 0 saturated heterocycles. The van der Waals surface area contributed by atoms with Crippen LogP contribution in [-0.4, -0.2) is 27.8 Å². The number of aromatic nitrogens is 2. The third-order valence-corrected chi connectivity index (χ3v) is 4.45. The molecule has 0 spiro atoms. The molecule has 3 N–H and O–H groups in total. The molecule has 0 radical (unpaired) electrons. The van der Waals surface area contributed by atoms with Crippen LogP contribution in [-0.2, 0) is 13.0 Å². The summed E-state index contributed by atoms with van der Waals surface area (Å²) in [5.41, 5.74) is 7.25. The summed E-state index contributed by atoms with van der Waals surface area (Å²) in [6, 6.07) is 7.49. The molecular formula is C15H17ClN4O2S. The Bertz CT molecular complexity index is 761. The van der Waals surface area contributed by atoms with Crippen LogP contribution in [0.25, 0.3) is 0 Å². The highest BCUT2D eigenvalue weighted by atomic mass is 35.5. The summed E-state index contributed by atoms with van der Waals surface area (Å²) in [4.78, 5) is 28.5. The zero-order valence-corrected chi connectivity index (χ0v) is 14.0. The number of nitrogens with zero attached hydrogens (tertiary/aromatic N) is 2. The van der Waals surface area contributed by atoms with Crippen molar-refractivity contribution in [2.45, 2.75) is 18.1 Å². The minimum absolute atomic E-state index is 0. The van der Waals surface area contributed by atoms with Crippen LogP contribution in [0.4, 0.5) is 5.69 Å². The van der Waals surface area contributed by atoms with Crippen molar-refractivity contribution in [1.82, 2.24) is 14.9 Å². The second-order valence-electron chi connectivity index (χ2n) is 5.01. The number of fused-ring (bicyclic) bond motifs is 1. The molecular weight excluding hydrogens is 336 g/mol. The van der Waals surface area contributed by atoms with E-state index in [2.05, 4.69) is 10.3 Å². The van der Waals surface area contributed by atoms with E-state index in [1.165, 1.54) is 18.0 Å². The van der Waals surface area contributed by atoms with Gasteiger partial charge in [-0.25, -0.2) is 4.98 Å². The average molecular weight is 353 g/mol. The Morgan fingerprint density at radius 3 is 2.83 bits per heavy atom. The number of hydrogen-bond donors (Lipinski definition) is 2. The summed E-state index contributed by atoms with van der Waals surface area (Å²) >= 11 is 1.53. The molecule has 0 atom stereocenters. The molecule has 6 nitrogen and oxygen atoms in total. The summed E-state index contributed by atoms with van der Waals surface area (Å²) in [7, 11) is 0. The van der Waals surface area contributed by atoms with Gasteiger partial charge in [0.25, 0.3) is 11.5 Å². The quantitative estimate of drug-likeness (QED) is 0.640. The van der Waals surface area contributed by atoms with Gasteiger partial charge in [0.2, 0.25) is 0 Å². The van der Waals surface area contributed by atoms with Gasteiger partial charge in [0.1, 0.15) is 5.56 Å². The van der Waals surface area contributed by atoms with Gasteiger partial charge in [-0.15, -0.1) is 12.4 Å². The van der Waals surface area contributed by atoms with Crippen LogP contribution < -0.4 is 16.6 Å². The number of carbonyl (C=O) groups is 1. The number of carbonyl (C=O) groups excluding carboxylic acids is 1. The van der Waals surface area contributed by atoms with Gasteiger partial charge in [-0.2, -0.15) is 0 Å². The molecule has 1 amide bonds. The van der Waals surface area contributed by atoms with E-state index in [9.17, 15) is 9.59 Å². The number of halogens is 1. The number of nitrogen functional groups attached to an aromatic ring is 1. The lowest BCUT2D eigenvalue weighted by atomic mass is 10.1. The van der Waals surface area contributed by atoms with Gasteiger partial charge < -0.3 is 11.1 Å². The number of nitrogens with one attached hydrogen (secondary N) is 1. The number of benzene rings is 1. The largest absolute Gasteiger partial charge is 0.399 e. The second-order valence-corrected chi connectivity index (χ2v) is 6.07. The molecule has 0 unspecified atom stereocenters. The Balaban J connectivity index is 0.00000192. The van der Waals surface area contributed by atoms with Gasteiger partial charge in [-0.3, -0.25) is 14.2 Å². The van der Waals surface area contributed by atoms with Crippen molar-refractivity contribution in [2.24, 2.45) is 0 Å². The summed E-state index contributed by atoms with van der Waals surface area (Å²) in [5, 5.41) is 3.45. The summed E-state index contributed by atoms with van der Waals surface area (Å²) < 4.78 is 1.56. The fourth-order valence-electron chi connectivity index (χ4n) is 2.27. The van der Waals surface area contributed by atoms with Crippen LogP contribution in [0.15, 0.2) is 40.4 Å². The molecule has 8 heteroatoms. The van der Waals surface area contributed by atoms with E-state index in [-0.39, 0.29) is 29.4 Å². The van der Waals surface area contributed by atoms with Crippen molar-refractivity contribution in [3.8, 4) is 0 Å². The van der Waals surface area contributed by atoms with Crippen molar-refractivity contribution in [3.05, 3.63) is 51.9 Å². The Kier molecular flexibility index (Phi) is 5.68. The number of anilines is 1. The Morgan fingerprint density at radius 1 is 1.35 bits per heavy atom. The number of hydrogen-bond acceptors (Lipinski definition) is 5. The molecule has 3 rings (SSSR count). The fourth-order valence-corrected chi connectivity index (χ4v) is 3.19. The fraction of sp³-hybridized carbons (Fsp3) is 0.267. The molecule has 1 aromatic heterocycles. The predicted molar refractivity (Wildman–Crippen MR) is 93.4 cm³/mol. The zero-order chi connectivity index (χ0) is 15.5. The van der Waals surface area contributed by atoms with E-state index >= 15 is 0 Å². The number of amides is 1. The maximum Gasteiger partial charge on any atom is 0.267 e. The molecule has 0 aliphatic carbocycles. The number of rotatable bonds is 4. The van der Waals surface area contributed by atoms with E-state index in [1.807, 2.05) is 24.3 Å². The van der Waals surface area contributed by atoms with Crippen molar-refractivity contribution in [3.63, 3.8) is 0 Å². The summed E-state index contributed by atoms with van der Waals surface area (Å²) in [5.74, 6) is 0.449. The van der Waals surface area contributed by atoms with Crippen molar-refractivity contribution in [1.29, 1.82) is 0 Å². The summed E-state index contributed by atoms with van der Waals surface area (Å²) in [6.07, 6.45) is 2.05. The van der Waals surface area contributed by atoms with Crippen LogP contribution in [0.2, 0.25) is 0 Å². The lowest BCUT2D eigenvalue weighted by Crippen LogP contribution is -2.34. The first-order chi connectivity index (χ1) is 10.6. The first kappa shape index (κ1) is 17.4. The average Bonchev–Trinajstić information content (AvgIpc) is 2.99. The predicted octanol–water partition coefficient (Wildman–Crippen LogP) is 1.33.